The maximum absolute atomic E-state index is 13.4. The average Bonchev–Trinajstić information content (AvgIpc) is 3.06. The van der Waals surface area contributed by atoms with Crippen LogP contribution in [0.2, 0.25) is 0 Å². The van der Waals surface area contributed by atoms with E-state index >= 15 is 0 Å². The van der Waals surface area contributed by atoms with Crippen LogP contribution in [-0.4, -0.2) is 21.7 Å². The van der Waals surface area contributed by atoms with E-state index in [9.17, 15) is 9.59 Å². The van der Waals surface area contributed by atoms with E-state index in [1.807, 2.05) is 37.3 Å². The molecule has 35 heavy (non-hydrogen) atoms. The number of rotatable bonds is 2. The second-order valence-electron chi connectivity index (χ2n) is 8.70. The van der Waals surface area contributed by atoms with Gasteiger partial charge >= 0.3 is 0 Å². The molecule has 1 aliphatic carbocycles. The molecule has 0 fully saturated rings. The molecule has 179 valence electrons. The summed E-state index contributed by atoms with van der Waals surface area (Å²) in [4.78, 5) is 28.3. The molecule has 0 saturated carbocycles. The van der Waals surface area contributed by atoms with Crippen molar-refractivity contribution in [2.45, 2.75) is 34.6 Å². The van der Waals surface area contributed by atoms with Gasteiger partial charge in [0, 0.05) is 48.4 Å². The third-order valence-electron chi connectivity index (χ3n) is 5.70. The van der Waals surface area contributed by atoms with E-state index in [2.05, 4.69) is 44.2 Å². The van der Waals surface area contributed by atoms with E-state index in [0.29, 0.717) is 5.56 Å². The first-order valence-corrected chi connectivity index (χ1v) is 11.1. The third kappa shape index (κ3) is 5.17. The van der Waals surface area contributed by atoms with Crippen molar-refractivity contribution in [1.29, 1.82) is 0 Å². The number of fused-ring (bicyclic) bond motifs is 5. The van der Waals surface area contributed by atoms with Crippen molar-refractivity contribution < 1.29 is 34.8 Å². The molecule has 5 heteroatoms. The number of benzene rings is 3. The number of para-hydroxylation sites is 1. The summed E-state index contributed by atoms with van der Waals surface area (Å²) in [5.74, 6) is -0.00277. The van der Waals surface area contributed by atoms with Crippen molar-refractivity contribution >= 4 is 22.5 Å². The van der Waals surface area contributed by atoms with Gasteiger partial charge in [0.1, 0.15) is 0 Å². The minimum absolute atomic E-state index is 0. The number of aryl methyl sites for hydroxylation is 3. The Morgan fingerprint density at radius 1 is 0.943 bits per heavy atom. The molecule has 1 aliphatic rings. The van der Waals surface area contributed by atoms with Crippen LogP contribution in [0.3, 0.4) is 0 Å². The molecule has 5 rings (SSSR count). The Kier molecular flexibility index (Phi) is 7.84. The van der Waals surface area contributed by atoms with E-state index in [1.54, 1.807) is 0 Å². The molecule has 0 aliphatic heterocycles. The number of ketones is 2. The summed E-state index contributed by atoms with van der Waals surface area (Å²) < 4.78 is 0. The number of nitrogens with zero attached hydrogens (tertiary/aromatic N) is 1. The van der Waals surface area contributed by atoms with Gasteiger partial charge in [0.25, 0.3) is 0 Å². The molecule has 1 N–H and O–H groups in total. The molecule has 3 aromatic carbocycles. The molecular weight excluding hydrogens is 615 g/mol. The van der Waals surface area contributed by atoms with Crippen molar-refractivity contribution in [2.75, 3.05) is 0 Å². The molecule has 1 aromatic heterocycles. The zero-order valence-corrected chi connectivity index (χ0v) is 22.7. The van der Waals surface area contributed by atoms with E-state index in [0.717, 1.165) is 55.5 Å². The van der Waals surface area contributed by atoms with Crippen molar-refractivity contribution in [2.24, 2.45) is 0 Å². The predicted molar refractivity (Wildman–Crippen MR) is 136 cm³/mol. The van der Waals surface area contributed by atoms with Crippen LogP contribution in [0.4, 0.5) is 0 Å². The molecule has 0 unspecified atom stereocenters. The van der Waals surface area contributed by atoms with Crippen LogP contribution >= 0.6 is 0 Å². The first kappa shape index (κ1) is 26.2. The fourth-order valence-electron chi connectivity index (χ4n) is 4.53. The number of aromatic nitrogens is 1. The van der Waals surface area contributed by atoms with Crippen molar-refractivity contribution in [1.82, 2.24) is 4.98 Å². The van der Waals surface area contributed by atoms with Gasteiger partial charge < -0.3 is 5.11 Å². The van der Waals surface area contributed by atoms with Crippen LogP contribution in [-0.2, 0) is 24.9 Å². The van der Waals surface area contributed by atoms with E-state index < -0.39 is 0 Å². The number of carbonyl (C=O) groups is 2. The summed E-state index contributed by atoms with van der Waals surface area (Å²) in [6.07, 6.45) is 1.17. The Morgan fingerprint density at radius 2 is 1.66 bits per heavy atom. The van der Waals surface area contributed by atoms with E-state index in [1.165, 1.54) is 19.9 Å². The molecule has 1 heterocycles. The Hall–Kier alpha value is -3.40. The number of aliphatic hydroxyl groups is 1. The van der Waals surface area contributed by atoms with Gasteiger partial charge in [0.15, 0.2) is 11.6 Å². The minimum Gasteiger partial charge on any atom is -0.512 e. The number of carbonyl (C=O) groups excluding carboxylic acids is 2. The zero-order chi connectivity index (χ0) is 24.6. The van der Waals surface area contributed by atoms with Crippen LogP contribution in [0.1, 0.15) is 46.5 Å². The summed E-state index contributed by atoms with van der Waals surface area (Å²) in [6.45, 7) is 9.00. The monoisotopic (exact) mass is 641 g/mol. The van der Waals surface area contributed by atoms with Gasteiger partial charge in [-0.25, -0.2) is 0 Å². The van der Waals surface area contributed by atoms with Crippen LogP contribution in [0.5, 0.6) is 0 Å². The van der Waals surface area contributed by atoms with Gasteiger partial charge in [-0.3, -0.25) is 14.6 Å². The predicted octanol–water partition coefficient (Wildman–Crippen LogP) is 6.87. The third-order valence-corrected chi connectivity index (χ3v) is 5.70. The molecule has 0 spiro atoms. The molecule has 0 amide bonds. The van der Waals surface area contributed by atoms with Gasteiger partial charge in [0.05, 0.1) is 11.3 Å². The molecule has 1 radical (unpaired) electrons. The second-order valence-corrected chi connectivity index (χ2v) is 8.70. The number of allylic oxidation sites excluding steroid dienone is 2. The molecule has 4 nitrogen and oxygen atoms in total. The standard InChI is InChI=1S/C25H18NO.C5H8O2.Ir/c1-14-11-15(2)13-17(12-14)24-23-22(18-8-4-5-10-20(18)26-24)21-16(3)7-6-9-19(21)25(23)27;1-4(6)3-5(2)7;/h4-12H,1-3H3;3,6H,1-2H3;/q-1;;/b;4-3-;. The van der Waals surface area contributed by atoms with Crippen LogP contribution < -0.4 is 0 Å². The Balaban J connectivity index is 0.000000378. The normalized spacial score (nSPS) is 11.8. The van der Waals surface area contributed by atoms with Crippen LogP contribution in [0.15, 0.2) is 66.4 Å². The quantitative estimate of drug-likeness (QED) is 0.130. The first-order chi connectivity index (χ1) is 16.2. The van der Waals surface area contributed by atoms with Gasteiger partial charge in [-0.05, 0) is 43.5 Å². The Labute approximate surface area is 219 Å². The van der Waals surface area contributed by atoms with Crippen molar-refractivity contribution in [3.05, 3.63) is 100 Å². The van der Waals surface area contributed by atoms with Gasteiger partial charge in [-0.2, -0.15) is 0 Å². The number of hydrogen-bond acceptors (Lipinski definition) is 4. The van der Waals surface area contributed by atoms with Gasteiger partial charge in [0.2, 0.25) is 0 Å². The van der Waals surface area contributed by atoms with Crippen LogP contribution in [0, 0.1) is 26.8 Å². The van der Waals surface area contributed by atoms with Gasteiger partial charge in [-0.15, -0.1) is 34.9 Å². The van der Waals surface area contributed by atoms with Crippen LogP contribution in [0.25, 0.3) is 33.3 Å². The van der Waals surface area contributed by atoms with E-state index in [-0.39, 0.29) is 37.4 Å². The molecule has 0 saturated heterocycles. The summed E-state index contributed by atoms with van der Waals surface area (Å²) >= 11 is 0. The van der Waals surface area contributed by atoms with E-state index in [4.69, 9.17) is 10.1 Å². The maximum atomic E-state index is 13.4. The molecule has 0 atom stereocenters. The summed E-state index contributed by atoms with van der Waals surface area (Å²) in [6, 6.07) is 21.6. The Bertz CT molecular complexity index is 1480. The summed E-state index contributed by atoms with van der Waals surface area (Å²) in [5.41, 5.74) is 9.37. The number of pyridine rings is 1. The smallest absolute Gasteiger partial charge is 0.187 e. The fourth-order valence-corrected chi connectivity index (χ4v) is 4.53. The minimum atomic E-state index is -0.125. The fraction of sp³-hybridized carbons (Fsp3) is 0.167. The van der Waals surface area contributed by atoms with Crippen molar-refractivity contribution in [3.8, 4) is 22.4 Å². The first-order valence-electron chi connectivity index (χ1n) is 11.1. The number of aliphatic hydroxyl groups excluding tert-OH is 1. The zero-order valence-electron chi connectivity index (χ0n) is 20.3. The topological polar surface area (TPSA) is 67.3 Å². The van der Waals surface area contributed by atoms with Gasteiger partial charge in [-0.1, -0.05) is 50.2 Å². The Morgan fingerprint density at radius 3 is 2.29 bits per heavy atom. The second kappa shape index (κ2) is 10.5. The molecule has 0 bridgehead atoms. The summed E-state index contributed by atoms with van der Waals surface area (Å²) in [5, 5.41) is 9.39. The number of hydrogen-bond donors (Lipinski definition) is 1. The average molecular weight is 641 g/mol. The SMILES string of the molecule is CC(=O)/C=C(/C)O.Cc1[c-]c(-c2nc3ccccc3c3c2C(=O)c2cccc(C)c2-3)cc(C)c1.[Ir]. The van der Waals surface area contributed by atoms with Crippen molar-refractivity contribution in [3.63, 3.8) is 0 Å². The molecule has 4 aromatic rings. The molecular formula is C30H26IrNO3-. The maximum Gasteiger partial charge on any atom is 0.187 e. The largest absolute Gasteiger partial charge is 0.512 e. The summed E-state index contributed by atoms with van der Waals surface area (Å²) in [7, 11) is 0.